The Bertz CT molecular complexity index is 1120. The second kappa shape index (κ2) is 9.44. The summed E-state index contributed by atoms with van der Waals surface area (Å²) in [6, 6.07) is 12.6. The number of methoxy groups -OCH3 is 1. The van der Waals surface area contributed by atoms with Gasteiger partial charge in [0.15, 0.2) is 0 Å². The molecule has 0 radical (unpaired) electrons. The number of piperidine rings is 1. The van der Waals surface area contributed by atoms with Crippen molar-refractivity contribution in [3.63, 3.8) is 0 Å². The molecule has 0 unspecified atom stereocenters. The summed E-state index contributed by atoms with van der Waals surface area (Å²) in [7, 11) is -1.99. The first-order valence-corrected chi connectivity index (χ1v) is 12.4. The van der Waals surface area contributed by atoms with Crippen molar-refractivity contribution in [1.29, 1.82) is 0 Å². The highest BCUT2D eigenvalue weighted by Crippen LogP contribution is 2.27. The highest BCUT2D eigenvalue weighted by molar-refractivity contribution is 7.89. The fraction of sp³-hybridized carbons (Fsp3) is 0.318. The Morgan fingerprint density at radius 2 is 1.94 bits per heavy atom. The Hall–Kier alpha value is -2.33. The van der Waals surface area contributed by atoms with Crippen LogP contribution in [0, 0.1) is 5.82 Å². The van der Waals surface area contributed by atoms with Gasteiger partial charge in [0, 0.05) is 36.6 Å². The molecule has 1 aromatic heterocycles. The minimum Gasteiger partial charge on any atom is -0.497 e. The standard InChI is InChI=1S/C22H24FN3O3S2/c1-29-20-4-2-3-16(13-20)22-24-19(15-30-22)14-26-11-9-18(10-12-26)25-31(27,28)21-7-5-17(23)6-8-21/h2-8,13,15,18,25H,9-12,14H2,1H3. The molecule has 3 aromatic rings. The first kappa shape index (κ1) is 21.9. The maximum absolute atomic E-state index is 13.1. The monoisotopic (exact) mass is 461 g/mol. The summed E-state index contributed by atoms with van der Waals surface area (Å²) in [5.41, 5.74) is 2.04. The topological polar surface area (TPSA) is 71.5 Å². The Kier molecular flexibility index (Phi) is 6.66. The molecule has 31 heavy (non-hydrogen) atoms. The zero-order valence-corrected chi connectivity index (χ0v) is 18.8. The lowest BCUT2D eigenvalue weighted by Crippen LogP contribution is -2.44. The Morgan fingerprint density at radius 1 is 1.19 bits per heavy atom. The van der Waals surface area contributed by atoms with E-state index in [9.17, 15) is 12.8 Å². The van der Waals surface area contributed by atoms with E-state index >= 15 is 0 Å². The minimum absolute atomic E-state index is 0.0869. The summed E-state index contributed by atoms with van der Waals surface area (Å²) >= 11 is 1.61. The number of nitrogens with one attached hydrogen (secondary N) is 1. The van der Waals surface area contributed by atoms with Crippen LogP contribution >= 0.6 is 11.3 Å². The van der Waals surface area contributed by atoms with Gasteiger partial charge in [0.25, 0.3) is 0 Å². The van der Waals surface area contributed by atoms with Crippen molar-refractivity contribution >= 4 is 21.4 Å². The van der Waals surface area contributed by atoms with Crippen LogP contribution in [-0.4, -0.2) is 44.5 Å². The third-order valence-corrected chi connectivity index (χ3v) is 7.76. The number of rotatable bonds is 7. The number of thiazole rings is 1. The molecule has 0 bridgehead atoms. The third-order valence-electron chi connectivity index (χ3n) is 5.29. The highest BCUT2D eigenvalue weighted by Gasteiger charge is 2.25. The van der Waals surface area contributed by atoms with Gasteiger partial charge < -0.3 is 4.74 Å². The molecule has 1 fully saturated rings. The Balaban J connectivity index is 1.31. The van der Waals surface area contributed by atoms with Crippen molar-refractivity contribution in [2.24, 2.45) is 0 Å². The van der Waals surface area contributed by atoms with Crippen LogP contribution in [0.3, 0.4) is 0 Å². The molecule has 1 N–H and O–H groups in total. The van der Waals surface area contributed by atoms with E-state index in [0.29, 0.717) is 12.8 Å². The molecule has 0 saturated carbocycles. The predicted molar refractivity (Wildman–Crippen MR) is 119 cm³/mol. The quantitative estimate of drug-likeness (QED) is 0.578. The molecule has 1 saturated heterocycles. The van der Waals surface area contributed by atoms with E-state index < -0.39 is 15.8 Å². The first-order chi connectivity index (χ1) is 14.9. The van der Waals surface area contributed by atoms with E-state index in [0.717, 1.165) is 53.8 Å². The second-order valence-electron chi connectivity index (χ2n) is 7.50. The Morgan fingerprint density at radius 3 is 2.65 bits per heavy atom. The summed E-state index contributed by atoms with van der Waals surface area (Å²) < 4.78 is 46.1. The summed E-state index contributed by atoms with van der Waals surface area (Å²) in [5, 5.41) is 3.02. The van der Waals surface area contributed by atoms with E-state index in [1.807, 2.05) is 24.3 Å². The van der Waals surface area contributed by atoms with Crippen molar-refractivity contribution in [3.8, 4) is 16.3 Å². The number of likely N-dealkylation sites (tertiary alicyclic amines) is 1. The van der Waals surface area contributed by atoms with Crippen molar-refractivity contribution in [3.05, 3.63) is 65.4 Å². The minimum atomic E-state index is -3.64. The van der Waals surface area contributed by atoms with Gasteiger partial charge in [-0.1, -0.05) is 12.1 Å². The summed E-state index contributed by atoms with van der Waals surface area (Å²) in [6.45, 7) is 2.29. The number of nitrogens with zero attached hydrogens (tertiary/aromatic N) is 2. The van der Waals surface area contributed by atoms with E-state index in [4.69, 9.17) is 9.72 Å². The molecule has 2 aromatic carbocycles. The third kappa shape index (κ3) is 5.48. The first-order valence-electron chi connectivity index (χ1n) is 10.0. The zero-order chi connectivity index (χ0) is 21.8. The van der Waals surface area contributed by atoms with Crippen molar-refractivity contribution < 1.29 is 17.5 Å². The van der Waals surface area contributed by atoms with Gasteiger partial charge in [0.2, 0.25) is 10.0 Å². The van der Waals surface area contributed by atoms with Gasteiger partial charge in [-0.25, -0.2) is 22.5 Å². The molecular weight excluding hydrogens is 437 g/mol. The second-order valence-corrected chi connectivity index (χ2v) is 10.1. The average molecular weight is 462 g/mol. The molecule has 164 valence electrons. The lowest BCUT2D eigenvalue weighted by molar-refractivity contribution is 0.198. The summed E-state index contributed by atoms with van der Waals surface area (Å²) in [5.74, 6) is 0.350. The van der Waals surface area contributed by atoms with Crippen LogP contribution in [0.2, 0.25) is 0 Å². The largest absolute Gasteiger partial charge is 0.497 e. The van der Waals surface area contributed by atoms with Crippen LogP contribution in [0.15, 0.2) is 58.8 Å². The van der Waals surface area contributed by atoms with Gasteiger partial charge >= 0.3 is 0 Å². The van der Waals surface area contributed by atoms with Crippen LogP contribution in [0.1, 0.15) is 18.5 Å². The molecule has 6 nitrogen and oxygen atoms in total. The van der Waals surface area contributed by atoms with Gasteiger partial charge in [0.1, 0.15) is 16.6 Å². The van der Waals surface area contributed by atoms with Crippen LogP contribution in [0.4, 0.5) is 4.39 Å². The maximum atomic E-state index is 13.1. The lowest BCUT2D eigenvalue weighted by atomic mass is 10.1. The number of ether oxygens (including phenoxy) is 1. The molecule has 2 heterocycles. The number of hydrogen-bond donors (Lipinski definition) is 1. The number of hydrogen-bond acceptors (Lipinski definition) is 6. The van der Waals surface area contributed by atoms with Gasteiger partial charge in [0.05, 0.1) is 17.7 Å². The zero-order valence-electron chi connectivity index (χ0n) is 17.1. The molecule has 1 aliphatic heterocycles. The predicted octanol–water partition coefficient (Wildman–Crippen LogP) is 3.90. The van der Waals surface area contributed by atoms with Gasteiger partial charge in [-0.15, -0.1) is 11.3 Å². The normalized spacial score (nSPS) is 15.8. The van der Waals surface area contributed by atoms with Crippen LogP contribution < -0.4 is 9.46 Å². The highest BCUT2D eigenvalue weighted by atomic mass is 32.2. The number of aromatic nitrogens is 1. The molecule has 0 aliphatic carbocycles. The number of halogens is 1. The van der Waals surface area contributed by atoms with Crippen molar-refractivity contribution in [2.45, 2.75) is 30.3 Å². The molecule has 9 heteroatoms. The van der Waals surface area contributed by atoms with Gasteiger partial charge in [-0.05, 0) is 49.2 Å². The Labute approximate surface area is 185 Å². The fourth-order valence-electron chi connectivity index (χ4n) is 3.61. The van der Waals surface area contributed by atoms with E-state index in [2.05, 4.69) is 15.0 Å². The fourth-order valence-corrected chi connectivity index (χ4v) is 5.72. The summed E-state index contributed by atoms with van der Waals surface area (Å²) in [6.07, 6.45) is 1.43. The van der Waals surface area contributed by atoms with Crippen LogP contribution in [-0.2, 0) is 16.6 Å². The smallest absolute Gasteiger partial charge is 0.240 e. The molecule has 0 spiro atoms. The molecular formula is C22H24FN3O3S2. The lowest BCUT2D eigenvalue weighted by Gasteiger charge is -2.31. The molecule has 0 amide bonds. The van der Waals surface area contributed by atoms with Gasteiger partial charge in [-0.3, -0.25) is 4.90 Å². The SMILES string of the molecule is COc1cccc(-c2nc(CN3CCC(NS(=O)(=O)c4ccc(F)cc4)CC3)cs2)c1. The van der Waals surface area contributed by atoms with Gasteiger partial charge in [-0.2, -0.15) is 0 Å². The van der Waals surface area contributed by atoms with Crippen molar-refractivity contribution in [1.82, 2.24) is 14.6 Å². The van der Waals surface area contributed by atoms with Crippen LogP contribution in [0.5, 0.6) is 5.75 Å². The van der Waals surface area contributed by atoms with E-state index in [-0.39, 0.29) is 10.9 Å². The van der Waals surface area contributed by atoms with Crippen LogP contribution in [0.25, 0.3) is 10.6 Å². The average Bonchev–Trinajstić information content (AvgIpc) is 3.24. The van der Waals surface area contributed by atoms with E-state index in [1.54, 1.807) is 18.4 Å². The molecule has 0 atom stereocenters. The van der Waals surface area contributed by atoms with Crippen molar-refractivity contribution in [2.75, 3.05) is 20.2 Å². The summed E-state index contributed by atoms with van der Waals surface area (Å²) in [4.78, 5) is 7.13. The number of sulfonamides is 1. The maximum Gasteiger partial charge on any atom is 0.240 e. The molecule has 1 aliphatic rings. The molecule has 4 rings (SSSR count). The van der Waals surface area contributed by atoms with E-state index in [1.165, 1.54) is 12.1 Å². The number of benzene rings is 2.